The first-order valence-corrected chi connectivity index (χ1v) is 6.13. The minimum atomic E-state index is -1.02. The van der Waals surface area contributed by atoms with E-state index in [2.05, 4.69) is 15.2 Å². The molecule has 2 rings (SSSR count). The summed E-state index contributed by atoms with van der Waals surface area (Å²) in [5, 5.41) is 18.3. The summed E-state index contributed by atoms with van der Waals surface area (Å²) in [7, 11) is 0. The van der Waals surface area contributed by atoms with Gasteiger partial charge in [0.1, 0.15) is 0 Å². The van der Waals surface area contributed by atoms with E-state index >= 15 is 0 Å². The molecule has 1 saturated heterocycles. The first-order chi connectivity index (χ1) is 8.74. The fourth-order valence-corrected chi connectivity index (χ4v) is 1.89. The zero-order valence-corrected chi connectivity index (χ0v) is 11.2. The van der Waals surface area contributed by atoms with E-state index in [1.165, 1.54) is 0 Å². The number of rotatable bonds is 6. The Morgan fingerprint density at radius 1 is 1.42 bits per heavy atom. The van der Waals surface area contributed by atoms with Crippen molar-refractivity contribution in [1.82, 2.24) is 19.9 Å². The number of carboxylic acid groups (broad SMARTS) is 1. The van der Waals surface area contributed by atoms with E-state index in [1.54, 1.807) is 4.68 Å². The van der Waals surface area contributed by atoms with Gasteiger partial charge in [0.25, 0.3) is 0 Å². The zero-order chi connectivity index (χ0) is 12.8. The number of aryl methyl sites for hydroxylation is 1. The number of hydrogen-bond donors (Lipinski definition) is 0. The summed E-state index contributed by atoms with van der Waals surface area (Å²) < 4.78 is 6.95. The molecule has 0 aliphatic carbocycles. The van der Waals surface area contributed by atoms with Gasteiger partial charge in [-0.15, -0.1) is 5.10 Å². The quantitative estimate of drug-likeness (QED) is 0.481. The molecule has 19 heavy (non-hydrogen) atoms. The third-order valence-electron chi connectivity index (χ3n) is 2.84. The number of carbonyl (C=O) groups excluding carboxylic acids is 1. The van der Waals surface area contributed by atoms with Crippen LogP contribution in [0.1, 0.15) is 18.5 Å². The summed E-state index contributed by atoms with van der Waals surface area (Å²) in [5.41, 5.74) is 0.908. The second-order valence-corrected chi connectivity index (χ2v) is 4.34. The second kappa shape index (κ2) is 8.33. The Balaban J connectivity index is 0.00000180. The van der Waals surface area contributed by atoms with Crippen molar-refractivity contribution in [3.63, 3.8) is 0 Å². The van der Waals surface area contributed by atoms with Crippen LogP contribution < -0.4 is 24.0 Å². The molecule has 1 fully saturated rings. The van der Waals surface area contributed by atoms with E-state index in [0.29, 0.717) is 13.0 Å². The molecule has 8 heteroatoms. The van der Waals surface area contributed by atoms with Gasteiger partial charge in [-0.05, 0) is 12.8 Å². The van der Waals surface area contributed by atoms with Crippen molar-refractivity contribution in [3.05, 3.63) is 11.9 Å². The second-order valence-electron chi connectivity index (χ2n) is 4.34. The van der Waals surface area contributed by atoms with Gasteiger partial charge in [0.15, 0.2) is 0 Å². The SMILES string of the molecule is O=C([O-])CCCn1cc(CN2CCOCC2)nn1.[Li+]. The van der Waals surface area contributed by atoms with Gasteiger partial charge in [-0.2, -0.15) is 0 Å². The molecule has 1 aliphatic rings. The molecule has 0 saturated carbocycles. The first kappa shape index (κ1) is 16.2. The monoisotopic (exact) mass is 260 g/mol. The molecule has 1 aromatic rings. The predicted molar refractivity (Wildman–Crippen MR) is 60.4 cm³/mol. The maximum atomic E-state index is 10.3. The molecule has 0 atom stereocenters. The molecule has 7 nitrogen and oxygen atoms in total. The van der Waals surface area contributed by atoms with Crippen molar-refractivity contribution in [2.45, 2.75) is 25.9 Å². The van der Waals surface area contributed by atoms with Gasteiger partial charge >= 0.3 is 18.9 Å². The van der Waals surface area contributed by atoms with E-state index in [4.69, 9.17) is 4.74 Å². The maximum Gasteiger partial charge on any atom is 1.00 e. The molecule has 0 bridgehead atoms. The largest absolute Gasteiger partial charge is 1.00 e. The van der Waals surface area contributed by atoms with E-state index in [-0.39, 0.29) is 25.3 Å². The average molecular weight is 260 g/mol. The Morgan fingerprint density at radius 2 is 2.16 bits per heavy atom. The number of aliphatic carboxylic acids is 1. The molecule has 1 aliphatic heterocycles. The van der Waals surface area contributed by atoms with Crippen molar-refractivity contribution in [2.75, 3.05) is 26.3 Å². The molecule has 0 amide bonds. The molecule has 0 radical (unpaired) electrons. The summed E-state index contributed by atoms with van der Waals surface area (Å²) in [6.07, 6.45) is 2.44. The molecule has 2 heterocycles. The third-order valence-corrected chi connectivity index (χ3v) is 2.84. The Bertz CT molecular complexity index is 393. The number of carbonyl (C=O) groups is 1. The molecule has 1 aromatic heterocycles. The van der Waals surface area contributed by atoms with Gasteiger partial charge < -0.3 is 14.6 Å². The minimum absolute atomic E-state index is 0. The van der Waals surface area contributed by atoms with Crippen molar-refractivity contribution >= 4 is 5.97 Å². The van der Waals surface area contributed by atoms with Crippen LogP contribution in [-0.2, 0) is 22.6 Å². The first-order valence-electron chi connectivity index (χ1n) is 6.13. The Labute approximate surface area is 124 Å². The maximum absolute atomic E-state index is 10.3. The predicted octanol–water partition coefficient (Wildman–Crippen LogP) is -4.36. The van der Waals surface area contributed by atoms with Crippen LogP contribution in [0.25, 0.3) is 0 Å². The molecule has 0 N–H and O–H groups in total. The number of ether oxygens (including phenoxy) is 1. The molecular weight excluding hydrogens is 243 g/mol. The summed E-state index contributed by atoms with van der Waals surface area (Å²) in [4.78, 5) is 12.5. The van der Waals surface area contributed by atoms with Gasteiger partial charge in [0.05, 0.1) is 18.9 Å². The molecular formula is C11H17LiN4O3. The molecule has 100 valence electrons. The third kappa shape index (κ3) is 5.74. The van der Waals surface area contributed by atoms with E-state index in [9.17, 15) is 9.90 Å². The van der Waals surface area contributed by atoms with Crippen LogP contribution in [0.2, 0.25) is 0 Å². The summed E-state index contributed by atoms with van der Waals surface area (Å²) in [6, 6.07) is 0. The molecule has 0 aromatic carbocycles. The molecule has 0 spiro atoms. The Hall–Kier alpha value is -0.873. The Kier molecular flexibility index (Phi) is 7.09. The van der Waals surface area contributed by atoms with Crippen molar-refractivity contribution in [3.8, 4) is 0 Å². The van der Waals surface area contributed by atoms with Crippen LogP contribution in [-0.4, -0.2) is 52.2 Å². The zero-order valence-electron chi connectivity index (χ0n) is 11.2. The van der Waals surface area contributed by atoms with Crippen LogP contribution in [0.15, 0.2) is 6.20 Å². The standard InChI is InChI=1S/C11H18N4O3.Li/c16-11(17)2-1-3-15-9-10(12-13-15)8-14-4-6-18-7-5-14;/h9H,1-8H2,(H,16,17);/q;+1/p-1. The topological polar surface area (TPSA) is 83.3 Å². The number of nitrogens with zero attached hydrogens (tertiary/aromatic N) is 4. The van der Waals surface area contributed by atoms with Crippen LogP contribution in [0, 0.1) is 0 Å². The van der Waals surface area contributed by atoms with Crippen LogP contribution in [0.4, 0.5) is 0 Å². The number of hydrogen-bond acceptors (Lipinski definition) is 6. The fourth-order valence-electron chi connectivity index (χ4n) is 1.89. The fraction of sp³-hybridized carbons (Fsp3) is 0.727. The number of aromatic nitrogens is 3. The van der Waals surface area contributed by atoms with Gasteiger partial charge in [-0.1, -0.05) is 5.21 Å². The van der Waals surface area contributed by atoms with Crippen molar-refractivity contribution in [2.24, 2.45) is 0 Å². The smallest absolute Gasteiger partial charge is 0.550 e. The summed E-state index contributed by atoms with van der Waals surface area (Å²) in [5.74, 6) is -1.02. The number of carboxylic acids is 1. The number of morpholine rings is 1. The van der Waals surface area contributed by atoms with Gasteiger partial charge in [0.2, 0.25) is 0 Å². The van der Waals surface area contributed by atoms with E-state index in [1.807, 2.05) is 6.20 Å². The summed E-state index contributed by atoms with van der Waals surface area (Å²) in [6.45, 7) is 4.68. The van der Waals surface area contributed by atoms with Crippen molar-refractivity contribution in [1.29, 1.82) is 0 Å². The van der Waals surface area contributed by atoms with Crippen LogP contribution >= 0.6 is 0 Å². The van der Waals surface area contributed by atoms with Crippen LogP contribution in [0.5, 0.6) is 0 Å². The van der Waals surface area contributed by atoms with Crippen molar-refractivity contribution < 1.29 is 33.5 Å². The van der Waals surface area contributed by atoms with Gasteiger partial charge in [0, 0.05) is 38.3 Å². The van der Waals surface area contributed by atoms with Crippen LogP contribution in [0.3, 0.4) is 0 Å². The average Bonchev–Trinajstić information content (AvgIpc) is 2.78. The van der Waals surface area contributed by atoms with E-state index < -0.39 is 5.97 Å². The summed E-state index contributed by atoms with van der Waals surface area (Å²) >= 11 is 0. The van der Waals surface area contributed by atoms with Gasteiger partial charge in [-0.3, -0.25) is 9.58 Å². The normalized spacial score (nSPS) is 16.0. The van der Waals surface area contributed by atoms with Gasteiger partial charge in [-0.25, -0.2) is 0 Å². The van der Waals surface area contributed by atoms with E-state index in [0.717, 1.165) is 38.5 Å². The minimum Gasteiger partial charge on any atom is -0.550 e. The Morgan fingerprint density at radius 3 is 2.84 bits per heavy atom. The molecule has 0 unspecified atom stereocenters.